The molecule has 0 aromatic carbocycles. The van der Waals surface area contributed by atoms with E-state index in [-0.39, 0.29) is 0 Å². The van der Waals surface area contributed by atoms with Crippen molar-refractivity contribution in [3.05, 3.63) is 0 Å². The van der Waals surface area contributed by atoms with Crippen molar-refractivity contribution in [1.82, 2.24) is 0 Å². The molecule has 1 aliphatic rings. The minimum atomic E-state index is 1.50. The van der Waals surface area contributed by atoms with Gasteiger partial charge in [0.15, 0.2) is 0 Å². The minimum Gasteiger partial charge on any atom is -0.0533 e. The summed E-state index contributed by atoms with van der Waals surface area (Å²) in [6.45, 7) is 0. The van der Waals surface area contributed by atoms with Crippen LogP contribution in [0.4, 0.5) is 0 Å². The van der Waals surface area contributed by atoms with Crippen molar-refractivity contribution in [1.29, 1.82) is 0 Å². The van der Waals surface area contributed by atoms with Crippen LogP contribution in [0.25, 0.3) is 0 Å². The maximum absolute atomic E-state index is 1.50. The molecule has 0 unspecified atom stereocenters. The van der Waals surface area contributed by atoms with Crippen LogP contribution >= 0.6 is 0 Å². The van der Waals surface area contributed by atoms with E-state index in [1.807, 2.05) is 0 Å². The molecule has 38 heavy (non-hydrogen) atoms. The molecule has 0 heterocycles. The Morgan fingerprint density at radius 2 is 0.0789 bits per heavy atom. The zero-order valence-corrected chi connectivity index (χ0v) is 26.9. The lowest BCUT2D eigenvalue weighted by Crippen LogP contribution is -1.85. The SMILES string of the molecule is C1CCCCCCCCCCCCCCCCCCCCCCCCCCCCCCCCCCCCC1. The molecule has 0 aliphatic heterocycles. The highest BCUT2D eigenvalue weighted by Gasteiger charge is 1.98. The molecule has 0 radical (unpaired) electrons. The second-order valence-corrected chi connectivity index (χ2v) is 13.4. The Bertz CT molecular complexity index is 199. The van der Waals surface area contributed by atoms with Gasteiger partial charge in [-0.25, -0.2) is 0 Å². The van der Waals surface area contributed by atoms with Crippen molar-refractivity contribution in [2.75, 3.05) is 0 Å². The topological polar surface area (TPSA) is 0 Å². The first kappa shape index (κ1) is 36.0. The summed E-state index contributed by atoms with van der Waals surface area (Å²) in [7, 11) is 0. The number of rotatable bonds is 0. The Kier molecular flexibility index (Phi) is 31.5. The van der Waals surface area contributed by atoms with Crippen molar-refractivity contribution in [3.63, 3.8) is 0 Å². The Balaban J connectivity index is 2.00. The lowest BCUT2D eigenvalue weighted by atomic mass is 10.0. The second kappa shape index (κ2) is 33.2. The molecule has 1 saturated carbocycles. The predicted molar refractivity (Wildman–Crippen MR) is 175 cm³/mol. The Hall–Kier alpha value is 0. The van der Waals surface area contributed by atoms with E-state index in [0.29, 0.717) is 0 Å². The highest BCUT2D eigenvalue weighted by Crippen LogP contribution is 2.18. The van der Waals surface area contributed by atoms with Gasteiger partial charge < -0.3 is 0 Å². The standard InChI is InChI=1S/C38H76/c1-2-4-6-8-10-12-14-16-18-20-22-24-26-28-30-32-34-36-38-37-35-33-31-29-27-25-23-21-19-17-15-13-11-9-7-5-3-1/h1-38H2. The van der Waals surface area contributed by atoms with Gasteiger partial charge in [-0.3, -0.25) is 0 Å². The van der Waals surface area contributed by atoms with Gasteiger partial charge in [0.25, 0.3) is 0 Å². The molecule has 0 atom stereocenters. The van der Waals surface area contributed by atoms with Crippen LogP contribution in [0.1, 0.15) is 244 Å². The minimum absolute atomic E-state index is 1.50. The highest BCUT2D eigenvalue weighted by atomic mass is 14.0. The molecule has 1 aliphatic carbocycles. The van der Waals surface area contributed by atoms with Crippen LogP contribution in [-0.2, 0) is 0 Å². The smallest absolute Gasteiger partial charge is 0.0533 e. The maximum atomic E-state index is 1.50. The molecular formula is C38H76. The molecule has 0 spiro atoms. The molecule has 0 N–H and O–H groups in total. The van der Waals surface area contributed by atoms with Gasteiger partial charge in [0.1, 0.15) is 0 Å². The summed E-state index contributed by atoms with van der Waals surface area (Å²) >= 11 is 0. The van der Waals surface area contributed by atoms with Crippen molar-refractivity contribution in [2.45, 2.75) is 244 Å². The van der Waals surface area contributed by atoms with Crippen molar-refractivity contribution in [3.8, 4) is 0 Å². The van der Waals surface area contributed by atoms with Crippen LogP contribution < -0.4 is 0 Å². The third-order valence-corrected chi connectivity index (χ3v) is 9.50. The summed E-state index contributed by atoms with van der Waals surface area (Å²) in [5, 5.41) is 0. The van der Waals surface area contributed by atoms with E-state index in [1.54, 1.807) is 0 Å². The van der Waals surface area contributed by atoms with Crippen LogP contribution in [0.15, 0.2) is 0 Å². The molecule has 1 rings (SSSR count). The normalized spacial score (nSPS) is 24.0. The third kappa shape index (κ3) is 30.5. The molecule has 0 bridgehead atoms. The summed E-state index contributed by atoms with van der Waals surface area (Å²) in [6.07, 6.45) is 57.0. The molecule has 1 fully saturated rings. The van der Waals surface area contributed by atoms with Crippen LogP contribution in [0.3, 0.4) is 0 Å². The van der Waals surface area contributed by atoms with Crippen LogP contribution in [0.2, 0.25) is 0 Å². The lowest BCUT2D eigenvalue weighted by molar-refractivity contribution is 0.504. The second-order valence-electron chi connectivity index (χ2n) is 13.4. The highest BCUT2D eigenvalue weighted by molar-refractivity contribution is 4.54. The fraction of sp³-hybridized carbons (Fsp3) is 1.00. The van der Waals surface area contributed by atoms with Crippen LogP contribution in [0, 0.1) is 0 Å². The van der Waals surface area contributed by atoms with Gasteiger partial charge >= 0.3 is 0 Å². The molecule has 228 valence electrons. The van der Waals surface area contributed by atoms with E-state index in [0.717, 1.165) is 0 Å². The van der Waals surface area contributed by atoms with E-state index < -0.39 is 0 Å². The predicted octanol–water partition coefficient (Wildman–Crippen LogP) is 14.8. The Labute approximate surface area is 243 Å². The maximum Gasteiger partial charge on any atom is -0.0533 e. The molecule has 0 saturated heterocycles. The number of hydrogen-bond donors (Lipinski definition) is 0. The Morgan fingerprint density at radius 1 is 0.0526 bits per heavy atom. The largest absolute Gasteiger partial charge is 0.0533 e. The first-order valence-corrected chi connectivity index (χ1v) is 19.0. The quantitative estimate of drug-likeness (QED) is 0.291. The van der Waals surface area contributed by atoms with E-state index in [2.05, 4.69) is 0 Å². The zero-order valence-electron chi connectivity index (χ0n) is 26.9. The molecule has 0 amide bonds. The average molecular weight is 533 g/mol. The Morgan fingerprint density at radius 3 is 0.105 bits per heavy atom. The van der Waals surface area contributed by atoms with Crippen LogP contribution in [-0.4, -0.2) is 0 Å². The van der Waals surface area contributed by atoms with Gasteiger partial charge in [-0.05, 0) is 0 Å². The average Bonchev–Trinajstić information content (AvgIpc) is 2.93. The fourth-order valence-electron chi connectivity index (χ4n) is 6.72. The monoisotopic (exact) mass is 533 g/mol. The lowest BCUT2D eigenvalue weighted by Gasteiger charge is -2.05. The van der Waals surface area contributed by atoms with Crippen molar-refractivity contribution >= 4 is 0 Å². The first-order chi connectivity index (χ1) is 19.0. The third-order valence-electron chi connectivity index (χ3n) is 9.50. The first-order valence-electron chi connectivity index (χ1n) is 19.0. The summed E-state index contributed by atoms with van der Waals surface area (Å²) in [6, 6.07) is 0. The van der Waals surface area contributed by atoms with Crippen molar-refractivity contribution in [2.24, 2.45) is 0 Å². The van der Waals surface area contributed by atoms with Gasteiger partial charge in [0, 0.05) is 0 Å². The fourth-order valence-corrected chi connectivity index (χ4v) is 6.72. The van der Waals surface area contributed by atoms with Crippen LogP contribution in [0.5, 0.6) is 0 Å². The van der Waals surface area contributed by atoms with E-state index in [1.165, 1.54) is 244 Å². The van der Waals surface area contributed by atoms with Gasteiger partial charge in [0.05, 0.1) is 0 Å². The summed E-state index contributed by atoms with van der Waals surface area (Å²) in [5.74, 6) is 0. The molecule has 0 aromatic heterocycles. The molecule has 0 nitrogen and oxygen atoms in total. The molecular weight excluding hydrogens is 456 g/mol. The van der Waals surface area contributed by atoms with E-state index in [9.17, 15) is 0 Å². The zero-order chi connectivity index (χ0) is 26.9. The molecule has 0 aromatic rings. The van der Waals surface area contributed by atoms with E-state index in [4.69, 9.17) is 0 Å². The summed E-state index contributed by atoms with van der Waals surface area (Å²) < 4.78 is 0. The van der Waals surface area contributed by atoms with Gasteiger partial charge in [-0.15, -0.1) is 0 Å². The van der Waals surface area contributed by atoms with E-state index >= 15 is 0 Å². The molecule has 0 heteroatoms. The van der Waals surface area contributed by atoms with Crippen molar-refractivity contribution < 1.29 is 0 Å². The summed E-state index contributed by atoms with van der Waals surface area (Å²) in [4.78, 5) is 0. The van der Waals surface area contributed by atoms with Gasteiger partial charge in [-0.1, -0.05) is 244 Å². The number of hydrogen-bond acceptors (Lipinski definition) is 0. The summed E-state index contributed by atoms with van der Waals surface area (Å²) in [5.41, 5.74) is 0. The van der Waals surface area contributed by atoms with Gasteiger partial charge in [0.2, 0.25) is 0 Å². The van der Waals surface area contributed by atoms with Gasteiger partial charge in [-0.2, -0.15) is 0 Å².